The average molecular weight is 280 g/mol. The number of fused-ring (bicyclic) bond motifs is 1. The third kappa shape index (κ3) is 2.49. The van der Waals surface area contributed by atoms with Gasteiger partial charge in [0.15, 0.2) is 0 Å². The van der Waals surface area contributed by atoms with E-state index in [1.54, 1.807) is 0 Å². The Balaban J connectivity index is 1.52. The van der Waals surface area contributed by atoms with Crippen LogP contribution in [0.25, 0.3) is 11.1 Å². The molecule has 0 aliphatic heterocycles. The van der Waals surface area contributed by atoms with Crippen molar-refractivity contribution in [1.29, 1.82) is 0 Å². The normalized spacial score (nSPS) is 14.5. The summed E-state index contributed by atoms with van der Waals surface area (Å²) in [5.41, 5.74) is 3.98. The summed E-state index contributed by atoms with van der Waals surface area (Å²) < 4.78 is 11.0. The van der Waals surface area contributed by atoms with Crippen LogP contribution in [0, 0.1) is 6.92 Å². The van der Waals surface area contributed by atoms with E-state index in [1.165, 1.54) is 18.4 Å². The van der Waals surface area contributed by atoms with Crippen molar-refractivity contribution >= 4 is 11.1 Å². The minimum absolute atomic E-state index is 0.502. The molecule has 0 radical (unpaired) electrons. The number of ether oxygens (including phenoxy) is 1. The van der Waals surface area contributed by atoms with Crippen molar-refractivity contribution in [3.05, 3.63) is 53.2 Å². The average Bonchev–Trinajstić information content (AvgIpc) is 3.26. The number of hydrogen-bond acceptors (Lipinski definition) is 4. The predicted octanol–water partition coefficient (Wildman–Crippen LogP) is 3.99. The largest absolute Gasteiger partial charge is 0.473 e. The molecule has 4 nitrogen and oxygen atoms in total. The van der Waals surface area contributed by atoms with E-state index < -0.39 is 0 Å². The molecule has 4 heteroatoms. The van der Waals surface area contributed by atoms with Crippen LogP contribution >= 0.6 is 0 Å². The van der Waals surface area contributed by atoms with Gasteiger partial charge < -0.3 is 9.26 Å². The van der Waals surface area contributed by atoms with Crippen LogP contribution in [0.4, 0.5) is 0 Å². The molecule has 1 saturated carbocycles. The van der Waals surface area contributed by atoms with Gasteiger partial charge in [0.1, 0.15) is 6.61 Å². The zero-order chi connectivity index (χ0) is 14.2. The molecule has 2 aromatic heterocycles. The van der Waals surface area contributed by atoms with Crippen molar-refractivity contribution in [2.24, 2.45) is 0 Å². The Morgan fingerprint density at radius 2 is 1.95 bits per heavy atom. The van der Waals surface area contributed by atoms with Gasteiger partial charge in [0.2, 0.25) is 5.88 Å². The van der Waals surface area contributed by atoms with E-state index in [0.29, 0.717) is 24.1 Å². The highest BCUT2D eigenvalue weighted by Gasteiger charge is 2.29. The van der Waals surface area contributed by atoms with E-state index >= 15 is 0 Å². The van der Waals surface area contributed by atoms with Crippen molar-refractivity contribution in [2.75, 3.05) is 0 Å². The van der Waals surface area contributed by atoms with Crippen molar-refractivity contribution in [3.8, 4) is 5.88 Å². The lowest BCUT2D eigenvalue weighted by atomic mass is 10.2. The first-order valence-corrected chi connectivity index (χ1v) is 7.24. The number of benzene rings is 1. The predicted molar refractivity (Wildman–Crippen MR) is 79.3 cm³/mol. The van der Waals surface area contributed by atoms with Gasteiger partial charge >= 0.3 is 0 Å². The lowest BCUT2D eigenvalue weighted by Gasteiger charge is -2.05. The van der Waals surface area contributed by atoms with Gasteiger partial charge in [0.05, 0.1) is 11.1 Å². The fraction of sp³-hybridized carbons (Fsp3) is 0.294. The van der Waals surface area contributed by atoms with Crippen LogP contribution in [-0.2, 0) is 6.61 Å². The first-order chi connectivity index (χ1) is 10.3. The van der Waals surface area contributed by atoms with Crippen LogP contribution in [0.2, 0.25) is 0 Å². The maximum atomic E-state index is 5.73. The number of nitrogens with zero attached hydrogens (tertiary/aromatic N) is 2. The smallest absolute Gasteiger partial charge is 0.261 e. The van der Waals surface area contributed by atoms with Crippen LogP contribution in [0.15, 0.2) is 40.9 Å². The monoisotopic (exact) mass is 280 g/mol. The molecule has 1 aromatic carbocycles. The third-order valence-corrected chi connectivity index (χ3v) is 3.81. The highest BCUT2D eigenvalue weighted by molar-refractivity contribution is 5.77. The van der Waals surface area contributed by atoms with E-state index in [4.69, 9.17) is 9.26 Å². The Kier molecular flexibility index (Phi) is 2.88. The summed E-state index contributed by atoms with van der Waals surface area (Å²) >= 11 is 0. The Labute approximate surface area is 122 Å². The van der Waals surface area contributed by atoms with Crippen molar-refractivity contribution in [1.82, 2.24) is 10.1 Å². The van der Waals surface area contributed by atoms with Crippen LogP contribution in [0.3, 0.4) is 0 Å². The van der Waals surface area contributed by atoms with E-state index in [1.807, 2.05) is 12.1 Å². The first-order valence-electron chi connectivity index (χ1n) is 7.24. The second-order valence-corrected chi connectivity index (χ2v) is 5.62. The molecule has 1 fully saturated rings. The van der Waals surface area contributed by atoms with Gasteiger partial charge in [-0.2, -0.15) is 4.98 Å². The molecule has 1 aliphatic rings. The van der Waals surface area contributed by atoms with Crippen molar-refractivity contribution in [2.45, 2.75) is 32.3 Å². The standard InChI is InChI=1S/C17H16N2O2/c1-11-2-4-12(5-3-11)10-20-15-9-8-14-16(13-6-7-13)19-21-17(14)18-15/h2-5,8-9,13H,6-7,10H2,1H3. The Morgan fingerprint density at radius 3 is 2.71 bits per heavy atom. The topological polar surface area (TPSA) is 48.2 Å². The summed E-state index contributed by atoms with van der Waals surface area (Å²) in [6.07, 6.45) is 2.40. The molecule has 3 aromatic rings. The molecule has 0 bridgehead atoms. The number of aromatic nitrogens is 2. The van der Waals surface area contributed by atoms with Gasteiger partial charge in [-0.25, -0.2) is 0 Å². The van der Waals surface area contributed by atoms with Crippen LogP contribution < -0.4 is 4.74 Å². The molecule has 1 aliphatic carbocycles. The Morgan fingerprint density at radius 1 is 1.14 bits per heavy atom. The van der Waals surface area contributed by atoms with E-state index in [9.17, 15) is 0 Å². The second kappa shape index (κ2) is 4.88. The van der Waals surface area contributed by atoms with Gasteiger partial charge in [-0.05, 0) is 31.4 Å². The molecular weight excluding hydrogens is 264 g/mol. The summed E-state index contributed by atoms with van der Waals surface area (Å²) in [5.74, 6) is 1.13. The molecule has 106 valence electrons. The lowest BCUT2D eigenvalue weighted by Crippen LogP contribution is -1.97. The quantitative estimate of drug-likeness (QED) is 0.725. The van der Waals surface area contributed by atoms with E-state index in [2.05, 4.69) is 41.3 Å². The molecular formula is C17H16N2O2. The van der Waals surface area contributed by atoms with Crippen LogP contribution in [0.1, 0.15) is 35.6 Å². The molecule has 0 unspecified atom stereocenters. The maximum absolute atomic E-state index is 5.73. The van der Waals surface area contributed by atoms with Crippen molar-refractivity contribution < 1.29 is 9.26 Å². The van der Waals surface area contributed by atoms with Gasteiger partial charge in [0.25, 0.3) is 5.71 Å². The van der Waals surface area contributed by atoms with Gasteiger partial charge in [-0.3, -0.25) is 0 Å². The zero-order valence-electron chi connectivity index (χ0n) is 11.9. The molecule has 0 saturated heterocycles. The summed E-state index contributed by atoms with van der Waals surface area (Å²) in [6, 6.07) is 12.2. The zero-order valence-corrected chi connectivity index (χ0v) is 11.9. The highest BCUT2D eigenvalue weighted by Crippen LogP contribution is 2.42. The SMILES string of the molecule is Cc1ccc(COc2ccc3c(C4CC4)noc3n2)cc1. The number of aryl methyl sites for hydroxylation is 1. The van der Waals surface area contributed by atoms with Gasteiger partial charge in [-0.1, -0.05) is 35.0 Å². The second-order valence-electron chi connectivity index (χ2n) is 5.62. The fourth-order valence-electron chi connectivity index (χ4n) is 2.40. The Bertz CT molecular complexity index is 773. The summed E-state index contributed by atoms with van der Waals surface area (Å²) in [7, 11) is 0. The number of pyridine rings is 1. The van der Waals surface area contributed by atoms with Crippen LogP contribution in [0.5, 0.6) is 5.88 Å². The molecule has 4 rings (SSSR count). The minimum Gasteiger partial charge on any atom is -0.473 e. The van der Waals surface area contributed by atoms with Gasteiger partial charge in [0, 0.05) is 12.0 Å². The van der Waals surface area contributed by atoms with Crippen molar-refractivity contribution in [3.63, 3.8) is 0 Å². The summed E-state index contributed by atoms with van der Waals surface area (Å²) in [6.45, 7) is 2.57. The molecule has 0 N–H and O–H groups in total. The molecule has 0 atom stereocenters. The highest BCUT2D eigenvalue weighted by atomic mass is 16.5. The molecule has 2 heterocycles. The summed E-state index contributed by atoms with van der Waals surface area (Å²) in [4.78, 5) is 4.39. The first kappa shape index (κ1) is 12.4. The number of hydrogen-bond donors (Lipinski definition) is 0. The van der Waals surface area contributed by atoms with E-state index in [0.717, 1.165) is 16.6 Å². The lowest BCUT2D eigenvalue weighted by molar-refractivity contribution is 0.293. The van der Waals surface area contributed by atoms with E-state index in [-0.39, 0.29) is 0 Å². The minimum atomic E-state index is 0.502. The fourth-order valence-corrected chi connectivity index (χ4v) is 2.40. The van der Waals surface area contributed by atoms with Gasteiger partial charge in [-0.15, -0.1) is 0 Å². The molecule has 0 spiro atoms. The summed E-state index contributed by atoms with van der Waals surface area (Å²) in [5, 5.41) is 5.15. The number of rotatable bonds is 4. The molecule has 0 amide bonds. The maximum Gasteiger partial charge on any atom is 0.261 e. The Hall–Kier alpha value is -2.36. The third-order valence-electron chi connectivity index (χ3n) is 3.81. The van der Waals surface area contributed by atoms with Crippen LogP contribution in [-0.4, -0.2) is 10.1 Å². The molecule has 21 heavy (non-hydrogen) atoms.